The lowest BCUT2D eigenvalue weighted by Crippen LogP contribution is -2.37. The van der Waals surface area contributed by atoms with Gasteiger partial charge >= 0.3 is 5.97 Å². The molecular formula is C18H16ClFN2O5. The first-order chi connectivity index (χ1) is 12.8. The Morgan fingerprint density at radius 2 is 1.81 bits per heavy atom. The molecule has 0 aliphatic heterocycles. The molecule has 0 aromatic heterocycles. The number of benzene rings is 2. The highest BCUT2D eigenvalue weighted by atomic mass is 35.5. The van der Waals surface area contributed by atoms with Gasteiger partial charge in [-0.2, -0.15) is 0 Å². The van der Waals surface area contributed by atoms with Crippen LogP contribution in [0.1, 0.15) is 16.8 Å². The molecule has 0 atom stereocenters. The fourth-order valence-corrected chi connectivity index (χ4v) is 2.37. The number of amides is 2. The molecule has 0 spiro atoms. The van der Waals surface area contributed by atoms with Crippen molar-refractivity contribution < 1.29 is 28.6 Å². The second-order valence-electron chi connectivity index (χ2n) is 5.48. The summed E-state index contributed by atoms with van der Waals surface area (Å²) in [6.45, 7) is -0.722. The number of hydrogen-bond donors (Lipinski definition) is 2. The van der Waals surface area contributed by atoms with Crippen LogP contribution in [0.4, 0.5) is 10.1 Å². The van der Waals surface area contributed by atoms with Crippen molar-refractivity contribution in [3.8, 4) is 5.75 Å². The second kappa shape index (κ2) is 9.00. The Bertz CT molecular complexity index is 857. The van der Waals surface area contributed by atoms with Crippen LogP contribution in [0.15, 0.2) is 42.5 Å². The summed E-state index contributed by atoms with van der Waals surface area (Å²) in [5.74, 6) is -3.08. The number of esters is 1. The van der Waals surface area contributed by atoms with E-state index in [4.69, 9.17) is 22.1 Å². The molecule has 0 aliphatic rings. The Hall–Kier alpha value is -3.13. The van der Waals surface area contributed by atoms with E-state index in [1.807, 2.05) is 0 Å². The molecule has 3 N–H and O–H groups in total. The van der Waals surface area contributed by atoms with Gasteiger partial charge in [-0.3, -0.25) is 9.59 Å². The predicted octanol–water partition coefficient (Wildman–Crippen LogP) is 2.25. The average molecular weight is 395 g/mol. The summed E-state index contributed by atoms with van der Waals surface area (Å²) < 4.78 is 18.0. The van der Waals surface area contributed by atoms with E-state index in [-0.39, 0.29) is 29.3 Å². The fraction of sp³-hybridized carbons (Fsp3) is 0.167. The van der Waals surface area contributed by atoms with E-state index in [1.165, 1.54) is 24.3 Å². The highest BCUT2D eigenvalue weighted by molar-refractivity contribution is 6.30. The van der Waals surface area contributed by atoms with Gasteiger partial charge in [0, 0.05) is 23.7 Å². The summed E-state index contributed by atoms with van der Waals surface area (Å²) in [5.41, 5.74) is 5.27. The van der Waals surface area contributed by atoms with Crippen molar-refractivity contribution in [2.24, 2.45) is 5.73 Å². The molecule has 2 aromatic carbocycles. The molecule has 0 unspecified atom stereocenters. The van der Waals surface area contributed by atoms with E-state index < -0.39 is 30.2 Å². The molecule has 0 bridgehead atoms. The normalized spacial score (nSPS) is 10.3. The van der Waals surface area contributed by atoms with Gasteiger partial charge in [-0.15, -0.1) is 0 Å². The van der Waals surface area contributed by atoms with Gasteiger partial charge in [0.15, 0.2) is 6.61 Å². The number of carbonyl (C=O) groups excluding carboxylic acids is 3. The maximum atomic E-state index is 13.1. The molecule has 142 valence electrons. The van der Waals surface area contributed by atoms with Crippen LogP contribution < -0.4 is 10.6 Å². The molecule has 27 heavy (non-hydrogen) atoms. The number of phenols is 1. The number of phenolic OH excluding ortho intramolecular Hbond substituents is 1. The molecule has 0 heterocycles. The Morgan fingerprint density at radius 3 is 2.41 bits per heavy atom. The van der Waals surface area contributed by atoms with Crippen LogP contribution in [0, 0.1) is 5.82 Å². The number of anilines is 1. The third-order valence-corrected chi connectivity index (χ3v) is 3.76. The summed E-state index contributed by atoms with van der Waals surface area (Å²) >= 11 is 5.69. The second-order valence-corrected chi connectivity index (χ2v) is 5.91. The van der Waals surface area contributed by atoms with Gasteiger partial charge < -0.3 is 20.5 Å². The molecule has 0 fully saturated rings. The lowest BCUT2D eigenvalue weighted by atomic mass is 10.2. The van der Waals surface area contributed by atoms with Crippen molar-refractivity contribution in [1.29, 1.82) is 0 Å². The van der Waals surface area contributed by atoms with Crippen LogP contribution in [0.2, 0.25) is 5.02 Å². The van der Waals surface area contributed by atoms with Crippen molar-refractivity contribution >= 4 is 35.1 Å². The van der Waals surface area contributed by atoms with E-state index in [0.717, 1.165) is 23.1 Å². The fourth-order valence-electron chi connectivity index (χ4n) is 2.20. The van der Waals surface area contributed by atoms with Gasteiger partial charge in [0.2, 0.25) is 5.91 Å². The number of rotatable bonds is 7. The van der Waals surface area contributed by atoms with Gasteiger partial charge in [-0.1, -0.05) is 11.6 Å². The first-order valence-corrected chi connectivity index (χ1v) is 8.15. The molecule has 2 rings (SSSR count). The van der Waals surface area contributed by atoms with Gasteiger partial charge in [0.05, 0.1) is 0 Å². The Morgan fingerprint density at radius 1 is 1.15 bits per heavy atom. The lowest BCUT2D eigenvalue weighted by molar-refractivity contribution is -0.121. The van der Waals surface area contributed by atoms with Crippen LogP contribution in [0.3, 0.4) is 0 Å². The van der Waals surface area contributed by atoms with E-state index in [1.54, 1.807) is 0 Å². The molecule has 2 aromatic rings. The Kier molecular flexibility index (Phi) is 6.73. The van der Waals surface area contributed by atoms with Gasteiger partial charge in [0.25, 0.3) is 5.91 Å². The Balaban J connectivity index is 2.09. The summed E-state index contributed by atoms with van der Waals surface area (Å²) in [4.78, 5) is 36.6. The Labute approximate surface area is 159 Å². The molecule has 0 radical (unpaired) electrons. The average Bonchev–Trinajstić information content (AvgIpc) is 2.61. The number of ether oxygens (including phenoxy) is 1. The van der Waals surface area contributed by atoms with Gasteiger partial charge in [0.1, 0.15) is 17.1 Å². The van der Waals surface area contributed by atoms with E-state index in [2.05, 4.69) is 0 Å². The maximum absolute atomic E-state index is 13.1. The van der Waals surface area contributed by atoms with Gasteiger partial charge in [-0.25, -0.2) is 9.18 Å². The van der Waals surface area contributed by atoms with Crippen LogP contribution in [0.5, 0.6) is 5.75 Å². The topological polar surface area (TPSA) is 110 Å². The van der Waals surface area contributed by atoms with Crippen molar-refractivity contribution in [3.63, 3.8) is 0 Å². The number of hydrogen-bond acceptors (Lipinski definition) is 5. The number of nitrogens with two attached hydrogens (primary N) is 1. The standard InChI is InChI=1S/C18H16ClFN2O5/c19-11-1-6-14(15(23)9-11)18(26)27-10-17(25)22(8-7-16(21)24)13-4-2-12(20)3-5-13/h1-6,9,23H,7-8,10H2,(H2,21,24). The molecule has 0 aliphatic carbocycles. The van der Waals surface area contributed by atoms with Crippen LogP contribution >= 0.6 is 11.6 Å². The van der Waals surface area contributed by atoms with E-state index >= 15 is 0 Å². The summed E-state index contributed by atoms with van der Waals surface area (Å²) in [7, 11) is 0. The minimum Gasteiger partial charge on any atom is -0.507 e. The zero-order chi connectivity index (χ0) is 20.0. The van der Waals surface area contributed by atoms with E-state index in [9.17, 15) is 23.9 Å². The molecule has 0 saturated carbocycles. The SMILES string of the molecule is NC(=O)CCN(C(=O)COC(=O)c1ccc(Cl)cc1O)c1ccc(F)cc1. The number of aromatic hydroxyl groups is 1. The third-order valence-electron chi connectivity index (χ3n) is 3.53. The van der Waals surface area contributed by atoms with E-state index in [0.29, 0.717) is 5.69 Å². The van der Waals surface area contributed by atoms with Crippen molar-refractivity contribution in [1.82, 2.24) is 0 Å². The highest BCUT2D eigenvalue weighted by Crippen LogP contribution is 2.23. The predicted molar refractivity (Wildman–Crippen MR) is 96.0 cm³/mol. The number of primary amides is 1. The van der Waals surface area contributed by atoms with Crippen LogP contribution in [0.25, 0.3) is 0 Å². The minimum absolute atomic E-state index is 0.0659. The molecule has 7 nitrogen and oxygen atoms in total. The van der Waals surface area contributed by atoms with Crippen molar-refractivity contribution in [2.45, 2.75) is 6.42 Å². The van der Waals surface area contributed by atoms with Crippen LogP contribution in [-0.4, -0.2) is 36.0 Å². The number of halogens is 2. The minimum atomic E-state index is -0.925. The third kappa shape index (κ3) is 5.68. The first-order valence-electron chi connectivity index (χ1n) is 7.78. The largest absolute Gasteiger partial charge is 0.507 e. The first kappa shape index (κ1) is 20.2. The number of carbonyl (C=O) groups is 3. The molecule has 0 saturated heterocycles. The van der Waals surface area contributed by atoms with Gasteiger partial charge in [-0.05, 0) is 42.5 Å². The molecule has 9 heteroatoms. The summed E-state index contributed by atoms with van der Waals surface area (Å²) in [5, 5.41) is 9.95. The zero-order valence-corrected chi connectivity index (χ0v) is 14.8. The summed E-state index contributed by atoms with van der Waals surface area (Å²) in [6, 6.07) is 8.81. The number of nitrogens with zero attached hydrogens (tertiary/aromatic N) is 1. The molecular weight excluding hydrogens is 379 g/mol. The monoisotopic (exact) mass is 394 g/mol. The lowest BCUT2D eigenvalue weighted by Gasteiger charge is -2.22. The maximum Gasteiger partial charge on any atom is 0.342 e. The van der Waals surface area contributed by atoms with Crippen LogP contribution in [-0.2, 0) is 14.3 Å². The quantitative estimate of drug-likeness (QED) is 0.700. The zero-order valence-electron chi connectivity index (χ0n) is 14.0. The highest BCUT2D eigenvalue weighted by Gasteiger charge is 2.20. The smallest absolute Gasteiger partial charge is 0.342 e. The van der Waals surface area contributed by atoms with Crippen molar-refractivity contribution in [3.05, 3.63) is 58.9 Å². The van der Waals surface area contributed by atoms with Crippen molar-refractivity contribution in [2.75, 3.05) is 18.1 Å². The summed E-state index contributed by atoms with van der Waals surface area (Å²) in [6.07, 6.45) is -0.130. The molecule has 2 amide bonds.